The van der Waals surface area contributed by atoms with Crippen molar-refractivity contribution in [2.45, 2.75) is 13.5 Å². The number of hydrogen-bond acceptors (Lipinski definition) is 3. The Labute approximate surface area is 99.0 Å². The second-order valence-electron chi connectivity index (χ2n) is 3.33. The van der Waals surface area contributed by atoms with Gasteiger partial charge < -0.3 is 14.6 Å². The van der Waals surface area contributed by atoms with Crippen molar-refractivity contribution in [3.05, 3.63) is 35.1 Å². The standard InChI is InChI=1S/C12H15FO4/c1-2-16-6-7-17-8-9-4-3-5-10(11(9)13)12(14)15/h3-5H,2,6-8H2,1H3,(H,14,15). The average molecular weight is 242 g/mol. The molecule has 1 aromatic rings. The summed E-state index contributed by atoms with van der Waals surface area (Å²) in [5.74, 6) is -2.02. The lowest BCUT2D eigenvalue weighted by Gasteiger charge is -2.07. The van der Waals surface area contributed by atoms with Gasteiger partial charge in [0.2, 0.25) is 0 Å². The molecule has 0 saturated carbocycles. The number of aromatic carboxylic acids is 1. The molecule has 0 saturated heterocycles. The fourth-order valence-corrected chi connectivity index (χ4v) is 1.30. The first kappa shape index (κ1) is 13.6. The Morgan fingerprint density at radius 3 is 2.71 bits per heavy atom. The van der Waals surface area contributed by atoms with Gasteiger partial charge in [-0.2, -0.15) is 0 Å². The van der Waals surface area contributed by atoms with Crippen LogP contribution in [-0.2, 0) is 16.1 Å². The van der Waals surface area contributed by atoms with E-state index in [9.17, 15) is 9.18 Å². The number of halogens is 1. The van der Waals surface area contributed by atoms with Crippen molar-refractivity contribution in [2.75, 3.05) is 19.8 Å². The van der Waals surface area contributed by atoms with E-state index >= 15 is 0 Å². The summed E-state index contributed by atoms with van der Waals surface area (Å²) in [6, 6.07) is 4.22. The van der Waals surface area contributed by atoms with Gasteiger partial charge in [0.15, 0.2) is 0 Å². The highest BCUT2D eigenvalue weighted by Gasteiger charge is 2.13. The topological polar surface area (TPSA) is 55.8 Å². The zero-order valence-electron chi connectivity index (χ0n) is 9.61. The highest BCUT2D eigenvalue weighted by Crippen LogP contribution is 2.13. The van der Waals surface area contributed by atoms with E-state index in [1.807, 2.05) is 6.92 Å². The van der Waals surface area contributed by atoms with Gasteiger partial charge in [0.05, 0.1) is 25.4 Å². The van der Waals surface area contributed by atoms with Crippen molar-refractivity contribution in [3.8, 4) is 0 Å². The van der Waals surface area contributed by atoms with Crippen LogP contribution >= 0.6 is 0 Å². The molecule has 1 rings (SSSR count). The van der Waals surface area contributed by atoms with Crippen molar-refractivity contribution >= 4 is 5.97 Å². The molecule has 0 radical (unpaired) electrons. The predicted octanol–water partition coefficient (Wildman–Crippen LogP) is 2.08. The average Bonchev–Trinajstić information content (AvgIpc) is 2.30. The molecule has 4 nitrogen and oxygen atoms in total. The SMILES string of the molecule is CCOCCOCc1cccc(C(=O)O)c1F. The molecular formula is C12H15FO4. The number of benzene rings is 1. The van der Waals surface area contributed by atoms with E-state index in [-0.39, 0.29) is 17.7 Å². The quantitative estimate of drug-likeness (QED) is 0.744. The lowest BCUT2D eigenvalue weighted by molar-refractivity contribution is 0.0441. The smallest absolute Gasteiger partial charge is 0.338 e. The maximum Gasteiger partial charge on any atom is 0.338 e. The summed E-state index contributed by atoms with van der Waals surface area (Å²) in [6.07, 6.45) is 0. The normalized spacial score (nSPS) is 10.5. The van der Waals surface area contributed by atoms with E-state index in [0.29, 0.717) is 19.8 Å². The number of rotatable bonds is 7. The van der Waals surface area contributed by atoms with E-state index in [0.717, 1.165) is 0 Å². The molecule has 0 heterocycles. The molecule has 0 bridgehead atoms. The maximum absolute atomic E-state index is 13.6. The second-order valence-corrected chi connectivity index (χ2v) is 3.33. The van der Waals surface area contributed by atoms with Crippen molar-refractivity contribution in [1.29, 1.82) is 0 Å². The van der Waals surface area contributed by atoms with Gasteiger partial charge in [-0.15, -0.1) is 0 Å². The Bertz CT molecular complexity index is 379. The highest BCUT2D eigenvalue weighted by molar-refractivity contribution is 5.88. The van der Waals surface area contributed by atoms with Gasteiger partial charge in [0.1, 0.15) is 5.82 Å². The van der Waals surface area contributed by atoms with Crippen LogP contribution in [0.3, 0.4) is 0 Å². The van der Waals surface area contributed by atoms with E-state index < -0.39 is 11.8 Å². The molecule has 0 aliphatic rings. The van der Waals surface area contributed by atoms with Crippen molar-refractivity contribution in [1.82, 2.24) is 0 Å². The first-order valence-corrected chi connectivity index (χ1v) is 5.33. The maximum atomic E-state index is 13.6. The van der Waals surface area contributed by atoms with Gasteiger partial charge >= 0.3 is 5.97 Å². The van der Waals surface area contributed by atoms with Gasteiger partial charge in [0.25, 0.3) is 0 Å². The third kappa shape index (κ3) is 4.13. The van der Waals surface area contributed by atoms with Crippen LogP contribution in [0.2, 0.25) is 0 Å². The summed E-state index contributed by atoms with van der Waals surface area (Å²) in [4.78, 5) is 10.7. The van der Waals surface area contributed by atoms with Gasteiger partial charge in [0, 0.05) is 12.2 Å². The molecule has 0 aliphatic heterocycles. The molecule has 0 atom stereocenters. The molecule has 0 aliphatic carbocycles. The summed E-state index contributed by atoms with van der Waals surface area (Å²) in [7, 11) is 0. The molecule has 0 fully saturated rings. The first-order chi connectivity index (χ1) is 8.16. The minimum absolute atomic E-state index is 0.0417. The fraction of sp³-hybridized carbons (Fsp3) is 0.417. The van der Waals surface area contributed by atoms with Crippen LogP contribution in [0, 0.1) is 5.82 Å². The Kier molecular flexibility index (Phi) is 5.59. The van der Waals surface area contributed by atoms with Crippen molar-refractivity contribution in [3.63, 3.8) is 0 Å². The Balaban J connectivity index is 2.54. The van der Waals surface area contributed by atoms with Crippen LogP contribution in [0.4, 0.5) is 4.39 Å². The molecule has 0 unspecified atom stereocenters. The largest absolute Gasteiger partial charge is 0.478 e. The van der Waals surface area contributed by atoms with Crippen LogP contribution in [0.25, 0.3) is 0 Å². The predicted molar refractivity (Wildman–Crippen MR) is 59.5 cm³/mol. The zero-order valence-corrected chi connectivity index (χ0v) is 9.61. The number of hydrogen-bond donors (Lipinski definition) is 1. The minimum Gasteiger partial charge on any atom is -0.478 e. The van der Waals surface area contributed by atoms with Crippen LogP contribution < -0.4 is 0 Å². The Hall–Kier alpha value is -1.46. The van der Waals surface area contributed by atoms with Crippen molar-refractivity contribution < 1.29 is 23.8 Å². The van der Waals surface area contributed by atoms with Gasteiger partial charge in [-0.25, -0.2) is 9.18 Å². The van der Waals surface area contributed by atoms with Crippen LogP contribution in [0.1, 0.15) is 22.8 Å². The lowest BCUT2D eigenvalue weighted by atomic mass is 10.1. The third-order valence-corrected chi connectivity index (χ3v) is 2.14. The van der Waals surface area contributed by atoms with E-state index in [4.69, 9.17) is 14.6 Å². The Morgan fingerprint density at radius 2 is 2.06 bits per heavy atom. The zero-order chi connectivity index (χ0) is 12.7. The molecule has 5 heteroatoms. The first-order valence-electron chi connectivity index (χ1n) is 5.33. The molecule has 94 valence electrons. The number of ether oxygens (including phenoxy) is 2. The van der Waals surface area contributed by atoms with Gasteiger partial charge in [-0.1, -0.05) is 12.1 Å². The minimum atomic E-state index is -1.28. The summed E-state index contributed by atoms with van der Waals surface area (Å²) in [5, 5.41) is 8.73. The fourth-order valence-electron chi connectivity index (χ4n) is 1.30. The summed E-state index contributed by atoms with van der Waals surface area (Å²) in [5.41, 5.74) is -0.0997. The van der Waals surface area contributed by atoms with E-state index in [1.165, 1.54) is 18.2 Å². The van der Waals surface area contributed by atoms with E-state index in [1.54, 1.807) is 0 Å². The van der Waals surface area contributed by atoms with Gasteiger partial charge in [-0.3, -0.25) is 0 Å². The summed E-state index contributed by atoms with van der Waals surface area (Å²) >= 11 is 0. The van der Waals surface area contributed by atoms with Gasteiger partial charge in [-0.05, 0) is 13.0 Å². The molecular weight excluding hydrogens is 227 g/mol. The van der Waals surface area contributed by atoms with Crippen LogP contribution in [-0.4, -0.2) is 30.9 Å². The third-order valence-electron chi connectivity index (χ3n) is 2.14. The summed E-state index contributed by atoms with van der Waals surface area (Å²) < 4.78 is 23.8. The van der Waals surface area contributed by atoms with E-state index in [2.05, 4.69) is 0 Å². The number of carbonyl (C=O) groups is 1. The number of carboxylic acid groups (broad SMARTS) is 1. The molecule has 0 aromatic heterocycles. The van der Waals surface area contributed by atoms with Crippen LogP contribution in [0.15, 0.2) is 18.2 Å². The molecule has 1 aromatic carbocycles. The molecule has 0 amide bonds. The second kappa shape index (κ2) is 6.98. The highest BCUT2D eigenvalue weighted by atomic mass is 19.1. The van der Waals surface area contributed by atoms with Crippen molar-refractivity contribution in [2.24, 2.45) is 0 Å². The lowest BCUT2D eigenvalue weighted by Crippen LogP contribution is -2.07. The molecule has 1 N–H and O–H groups in total. The monoisotopic (exact) mass is 242 g/mol. The number of carboxylic acids is 1. The Morgan fingerprint density at radius 1 is 1.35 bits per heavy atom. The molecule has 17 heavy (non-hydrogen) atoms. The van der Waals surface area contributed by atoms with Crippen LogP contribution in [0.5, 0.6) is 0 Å². The molecule has 0 spiro atoms. The summed E-state index contributed by atoms with van der Waals surface area (Å²) in [6.45, 7) is 3.31.